The Morgan fingerprint density at radius 3 is 1.79 bits per heavy atom. The molecule has 136 valence electrons. The van der Waals surface area contributed by atoms with Crippen molar-refractivity contribution in [2.75, 3.05) is 6.61 Å². The summed E-state index contributed by atoms with van der Waals surface area (Å²) in [6.45, 7) is 4.09. The molecule has 1 fully saturated rings. The minimum Gasteiger partial charge on any atom is -0.463 e. The topological polar surface area (TPSA) is 135 Å². The van der Waals surface area contributed by atoms with Gasteiger partial charge < -0.3 is 28.8 Å². The lowest BCUT2D eigenvalue weighted by atomic mass is 9.98. The van der Waals surface area contributed by atoms with Crippen molar-refractivity contribution in [1.29, 1.82) is 0 Å². The van der Waals surface area contributed by atoms with Crippen LogP contribution in [0.1, 0.15) is 27.7 Å². The summed E-state index contributed by atoms with van der Waals surface area (Å²) in [5.74, 6) is -2.87. The first-order valence-electron chi connectivity index (χ1n) is 7.10. The molecule has 10 heteroatoms. The van der Waals surface area contributed by atoms with Crippen molar-refractivity contribution >= 4 is 23.9 Å². The van der Waals surface area contributed by atoms with Crippen LogP contribution in [0, 0.1) is 0 Å². The largest absolute Gasteiger partial charge is 0.463 e. The molecule has 5 atom stereocenters. The van der Waals surface area contributed by atoms with Crippen LogP contribution in [-0.4, -0.2) is 66.3 Å². The van der Waals surface area contributed by atoms with Crippen molar-refractivity contribution in [3.05, 3.63) is 0 Å². The van der Waals surface area contributed by atoms with Crippen LogP contribution in [0.5, 0.6) is 0 Å². The van der Waals surface area contributed by atoms with Crippen LogP contribution < -0.4 is 0 Å². The van der Waals surface area contributed by atoms with Crippen LogP contribution in [0.4, 0.5) is 0 Å². The summed E-state index contributed by atoms with van der Waals surface area (Å²) in [7, 11) is 0. The Balaban J connectivity index is 3.08. The molecule has 24 heavy (non-hydrogen) atoms. The van der Waals surface area contributed by atoms with Crippen molar-refractivity contribution in [2.24, 2.45) is 0 Å². The Kier molecular flexibility index (Phi) is 7.11. The first-order valence-corrected chi connectivity index (χ1v) is 7.10. The van der Waals surface area contributed by atoms with E-state index in [9.17, 15) is 24.3 Å². The lowest BCUT2D eigenvalue weighted by Crippen LogP contribution is -2.62. The highest BCUT2D eigenvalue weighted by Crippen LogP contribution is 2.27. The zero-order valence-corrected chi connectivity index (χ0v) is 13.7. The van der Waals surface area contributed by atoms with Crippen LogP contribution in [-0.2, 0) is 42.9 Å². The van der Waals surface area contributed by atoms with Crippen molar-refractivity contribution in [2.45, 2.75) is 58.4 Å². The summed E-state index contributed by atoms with van der Waals surface area (Å²) in [5, 5.41) is 10.2. The second-order valence-corrected chi connectivity index (χ2v) is 5.09. The zero-order chi connectivity index (χ0) is 18.4. The Bertz CT molecular complexity index is 486. The number of carbonyl (C=O) groups is 4. The fourth-order valence-electron chi connectivity index (χ4n) is 2.15. The van der Waals surface area contributed by atoms with Gasteiger partial charge in [0.15, 0.2) is 18.3 Å². The molecule has 0 saturated carbocycles. The lowest BCUT2D eigenvalue weighted by Gasteiger charge is -2.42. The summed E-state index contributed by atoms with van der Waals surface area (Å²) in [6, 6.07) is 0. The molecule has 0 aromatic rings. The molecule has 1 aliphatic rings. The minimum atomic E-state index is -1.60. The van der Waals surface area contributed by atoms with Crippen molar-refractivity contribution in [1.82, 2.24) is 0 Å². The molecule has 2 unspecified atom stereocenters. The number of rotatable bonds is 5. The van der Waals surface area contributed by atoms with Gasteiger partial charge in [-0.25, -0.2) is 0 Å². The highest BCUT2D eigenvalue weighted by atomic mass is 16.7. The predicted octanol–water partition coefficient (Wildman–Crippen LogP) is -0.938. The average Bonchev–Trinajstić information content (AvgIpc) is 2.42. The number of hydrogen-bond donors (Lipinski definition) is 1. The molecule has 1 N–H and O–H groups in total. The van der Waals surface area contributed by atoms with Crippen molar-refractivity contribution in [3.63, 3.8) is 0 Å². The molecule has 1 heterocycles. The summed E-state index contributed by atoms with van der Waals surface area (Å²) in [6.07, 6.45) is -6.83. The van der Waals surface area contributed by atoms with Crippen molar-refractivity contribution in [3.8, 4) is 0 Å². The number of ether oxygens (including phenoxy) is 5. The van der Waals surface area contributed by atoms with Crippen LogP contribution in [0.15, 0.2) is 0 Å². The summed E-state index contributed by atoms with van der Waals surface area (Å²) in [4.78, 5) is 44.7. The molecule has 0 aromatic carbocycles. The van der Waals surface area contributed by atoms with Gasteiger partial charge in [-0.3, -0.25) is 19.2 Å². The molecule has 0 bridgehead atoms. The van der Waals surface area contributed by atoms with E-state index in [-0.39, 0.29) is 6.61 Å². The minimum absolute atomic E-state index is 0.366. The van der Waals surface area contributed by atoms with Gasteiger partial charge in [0.05, 0.1) is 0 Å². The van der Waals surface area contributed by atoms with Gasteiger partial charge in [-0.1, -0.05) is 0 Å². The number of carbonyl (C=O) groups excluding carboxylic acids is 4. The molecule has 0 aromatic heterocycles. The first kappa shape index (κ1) is 19.8. The molecule has 1 saturated heterocycles. The van der Waals surface area contributed by atoms with Crippen LogP contribution in [0.25, 0.3) is 0 Å². The molecule has 0 aliphatic carbocycles. The Morgan fingerprint density at radius 2 is 1.33 bits per heavy atom. The molecule has 0 amide bonds. The second kappa shape index (κ2) is 8.60. The molecule has 0 spiro atoms. The fourth-order valence-corrected chi connectivity index (χ4v) is 2.15. The van der Waals surface area contributed by atoms with E-state index < -0.39 is 54.6 Å². The SMILES string of the molecule is CC(=O)OCC1O[C@H](OC(C)=O)C(O)[C@H](OC(C)=O)[C@H]1OC(C)=O. The van der Waals surface area contributed by atoms with Gasteiger partial charge in [-0.05, 0) is 0 Å². The zero-order valence-electron chi connectivity index (χ0n) is 13.7. The summed E-state index contributed by atoms with van der Waals surface area (Å²) >= 11 is 0. The number of hydrogen-bond acceptors (Lipinski definition) is 10. The quantitative estimate of drug-likeness (QED) is 0.490. The average molecular weight is 348 g/mol. The maximum absolute atomic E-state index is 11.3. The summed E-state index contributed by atoms with van der Waals surface area (Å²) < 4.78 is 25.0. The van der Waals surface area contributed by atoms with Crippen LogP contribution in [0.2, 0.25) is 0 Å². The van der Waals surface area contributed by atoms with Gasteiger partial charge >= 0.3 is 23.9 Å². The van der Waals surface area contributed by atoms with Gasteiger partial charge in [-0.2, -0.15) is 0 Å². The third kappa shape index (κ3) is 5.78. The summed E-state index contributed by atoms with van der Waals surface area (Å²) in [5.41, 5.74) is 0. The maximum Gasteiger partial charge on any atom is 0.305 e. The third-order valence-electron chi connectivity index (χ3n) is 2.95. The molecular formula is C14H20O10. The van der Waals surface area contributed by atoms with Crippen LogP contribution >= 0.6 is 0 Å². The third-order valence-corrected chi connectivity index (χ3v) is 2.95. The Morgan fingerprint density at radius 1 is 0.833 bits per heavy atom. The standard InChI is InChI=1S/C14H20O10/c1-6(15)20-5-10-12(21-7(2)16)13(22-8(3)17)11(19)14(24-10)23-9(4)18/h10-14,19H,5H2,1-4H3/t10?,11?,12-,13-,14-/m0/s1. The van der Waals surface area contributed by atoms with E-state index in [1.807, 2.05) is 0 Å². The Hall–Kier alpha value is -2.20. The van der Waals surface area contributed by atoms with Gasteiger partial charge in [0, 0.05) is 27.7 Å². The van der Waals surface area contributed by atoms with Gasteiger partial charge in [0.25, 0.3) is 0 Å². The Labute approximate surface area is 137 Å². The number of aliphatic hydroxyl groups excluding tert-OH is 1. The number of esters is 4. The van der Waals surface area contributed by atoms with E-state index in [1.54, 1.807) is 0 Å². The molecular weight excluding hydrogens is 328 g/mol. The van der Waals surface area contributed by atoms with Gasteiger partial charge in [0.2, 0.25) is 6.29 Å². The van der Waals surface area contributed by atoms with E-state index in [2.05, 4.69) is 0 Å². The highest BCUT2D eigenvalue weighted by Gasteiger charge is 2.51. The molecule has 10 nitrogen and oxygen atoms in total. The smallest absolute Gasteiger partial charge is 0.305 e. The van der Waals surface area contributed by atoms with E-state index >= 15 is 0 Å². The van der Waals surface area contributed by atoms with Crippen LogP contribution in [0.3, 0.4) is 0 Å². The van der Waals surface area contributed by atoms with E-state index in [1.165, 1.54) is 0 Å². The monoisotopic (exact) mass is 348 g/mol. The highest BCUT2D eigenvalue weighted by molar-refractivity contribution is 5.68. The van der Waals surface area contributed by atoms with Gasteiger partial charge in [0.1, 0.15) is 12.7 Å². The molecule has 1 aliphatic heterocycles. The maximum atomic E-state index is 11.3. The van der Waals surface area contributed by atoms with E-state index in [4.69, 9.17) is 23.7 Å². The normalized spacial score (nSPS) is 29.3. The second-order valence-electron chi connectivity index (χ2n) is 5.09. The lowest BCUT2D eigenvalue weighted by molar-refractivity contribution is -0.297. The van der Waals surface area contributed by atoms with Gasteiger partial charge in [-0.15, -0.1) is 0 Å². The van der Waals surface area contributed by atoms with E-state index in [0.717, 1.165) is 27.7 Å². The fraction of sp³-hybridized carbons (Fsp3) is 0.714. The van der Waals surface area contributed by atoms with Crippen molar-refractivity contribution < 1.29 is 48.0 Å². The first-order chi connectivity index (χ1) is 11.1. The predicted molar refractivity (Wildman–Crippen MR) is 74.2 cm³/mol. The molecule has 1 rings (SSSR count). The number of aliphatic hydroxyl groups is 1. The van der Waals surface area contributed by atoms with E-state index in [0.29, 0.717) is 0 Å². The molecule has 0 radical (unpaired) electrons.